The van der Waals surface area contributed by atoms with Gasteiger partial charge in [-0.1, -0.05) is 23.7 Å². The zero-order chi connectivity index (χ0) is 17.8. The average Bonchev–Trinajstić information content (AvgIpc) is 2.62. The van der Waals surface area contributed by atoms with Gasteiger partial charge in [0.15, 0.2) is 0 Å². The minimum atomic E-state index is 0.530. The smallest absolute Gasteiger partial charge is 0.122 e. The fraction of sp³-hybridized carbons (Fsp3) is 0.190. The summed E-state index contributed by atoms with van der Waals surface area (Å²) < 4.78 is 6.07. The molecule has 0 amide bonds. The van der Waals surface area contributed by atoms with E-state index in [1.165, 1.54) is 11.1 Å². The van der Waals surface area contributed by atoms with Gasteiger partial charge < -0.3 is 10.1 Å². The first-order valence-electron chi connectivity index (χ1n) is 8.20. The van der Waals surface area contributed by atoms with Crippen molar-refractivity contribution in [3.63, 3.8) is 0 Å². The molecule has 0 saturated carbocycles. The van der Waals surface area contributed by atoms with Crippen LogP contribution in [0.5, 0.6) is 5.75 Å². The number of hydrogen-bond acceptors (Lipinski definition) is 3. The molecule has 0 unspecified atom stereocenters. The first-order valence-corrected chi connectivity index (χ1v) is 8.58. The Kier molecular flexibility index (Phi) is 5.25. The summed E-state index contributed by atoms with van der Waals surface area (Å²) in [5.41, 5.74) is 6.51. The van der Waals surface area contributed by atoms with Gasteiger partial charge in [-0.3, -0.25) is 4.98 Å². The van der Waals surface area contributed by atoms with Gasteiger partial charge in [-0.2, -0.15) is 0 Å². The largest absolute Gasteiger partial charge is 0.489 e. The third-order valence-electron chi connectivity index (χ3n) is 4.25. The normalized spacial score (nSPS) is 10.6. The number of rotatable bonds is 5. The highest BCUT2D eigenvalue weighted by molar-refractivity contribution is 6.30. The fourth-order valence-corrected chi connectivity index (χ4v) is 2.91. The summed E-state index contributed by atoms with van der Waals surface area (Å²) in [6.07, 6.45) is 1.66. The Morgan fingerprint density at radius 1 is 1.04 bits per heavy atom. The van der Waals surface area contributed by atoms with E-state index in [2.05, 4.69) is 35.4 Å². The minimum Gasteiger partial charge on any atom is -0.489 e. The van der Waals surface area contributed by atoms with Crippen LogP contribution in [-0.2, 0) is 6.61 Å². The highest BCUT2D eigenvalue weighted by atomic mass is 35.5. The Morgan fingerprint density at radius 3 is 2.56 bits per heavy atom. The lowest BCUT2D eigenvalue weighted by molar-refractivity contribution is 0.304. The zero-order valence-electron chi connectivity index (χ0n) is 14.6. The molecule has 1 aromatic heterocycles. The average molecular weight is 353 g/mol. The van der Waals surface area contributed by atoms with E-state index in [9.17, 15) is 0 Å². The van der Waals surface area contributed by atoms with Crippen LogP contribution in [0.3, 0.4) is 0 Å². The molecule has 0 bridgehead atoms. The van der Waals surface area contributed by atoms with Crippen molar-refractivity contribution in [1.29, 1.82) is 0 Å². The van der Waals surface area contributed by atoms with Gasteiger partial charge in [-0.25, -0.2) is 0 Å². The molecule has 0 radical (unpaired) electrons. The number of aromatic nitrogens is 1. The van der Waals surface area contributed by atoms with Crippen LogP contribution in [0.25, 0.3) is 11.3 Å². The maximum absolute atomic E-state index is 6.07. The van der Waals surface area contributed by atoms with Crippen LogP contribution in [0.1, 0.15) is 16.7 Å². The number of ether oxygens (including phenoxy) is 1. The predicted octanol–water partition coefficient (Wildman–Crippen LogP) is 5.64. The lowest BCUT2D eigenvalue weighted by Crippen LogP contribution is -2.03. The van der Waals surface area contributed by atoms with Gasteiger partial charge in [0.05, 0.1) is 10.7 Å². The van der Waals surface area contributed by atoms with Crippen LogP contribution in [0.2, 0.25) is 5.02 Å². The number of nitrogens with one attached hydrogen (secondary N) is 1. The quantitative estimate of drug-likeness (QED) is 0.645. The number of halogens is 1. The van der Waals surface area contributed by atoms with E-state index in [-0.39, 0.29) is 0 Å². The molecule has 0 aliphatic carbocycles. The van der Waals surface area contributed by atoms with E-state index in [4.69, 9.17) is 16.3 Å². The van der Waals surface area contributed by atoms with Crippen LogP contribution in [0.15, 0.2) is 54.7 Å². The first-order chi connectivity index (χ1) is 12.1. The van der Waals surface area contributed by atoms with Crippen LogP contribution in [0, 0.1) is 13.8 Å². The van der Waals surface area contributed by atoms with Crippen molar-refractivity contribution < 1.29 is 4.74 Å². The second kappa shape index (κ2) is 7.58. The lowest BCUT2D eigenvalue weighted by Gasteiger charge is -2.15. The summed E-state index contributed by atoms with van der Waals surface area (Å²) in [6, 6.07) is 16.1. The van der Waals surface area contributed by atoms with Crippen molar-refractivity contribution in [2.24, 2.45) is 0 Å². The molecule has 25 heavy (non-hydrogen) atoms. The predicted molar refractivity (Wildman–Crippen MR) is 104 cm³/mol. The molecule has 0 aliphatic rings. The first kappa shape index (κ1) is 17.3. The van der Waals surface area contributed by atoms with Gasteiger partial charge in [0, 0.05) is 30.1 Å². The number of aryl methyl sites for hydroxylation is 2. The van der Waals surface area contributed by atoms with Gasteiger partial charge in [0.2, 0.25) is 0 Å². The van der Waals surface area contributed by atoms with Crippen molar-refractivity contribution in [2.45, 2.75) is 20.5 Å². The maximum atomic E-state index is 6.07. The van der Waals surface area contributed by atoms with E-state index in [1.54, 1.807) is 6.20 Å². The minimum absolute atomic E-state index is 0.530. The molecule has 2 aromatic carbocycles. The van der Waals surface area contributed by atoms with Crippen molar-refractivity contribution >= 4 is 17.3 Å². The summed E-state index contributed by atoms with van der Waals surface area (Å²) in [5.74, 6) is 0.878. The molecule has 3 rings (SSSR count). The van der Waals surface area contributed by atoms with Crippen LogP contribution in [0.4, 0.5) is 5.69 Å². The fourth-order valence-electron chi connectivity index (χ4n) is 2.80. The summed E-state index contributed by atoms with van der Waals surface area (Å²) in [7, 11) is 1.93. The molecular weight excluding hydrogens is 332 g/mol. The second-order valence-corrected chi connectivity index (χ2v) is 6.42. The number of anilines is 1. The molecule has 1 N–H and O–H groups in total. The molecule has 1 heterocycles. The highest BCUT2D eigenvalue weighted by Gasteiger charge is 2.08. The summed E-state index contributed by atoms with van der Waals surface area (Å²) >= 11 is 5.90. The van der Waals surface area contributed by atoms with E-state index in [0.29, 0.717) is 11.6 Å². The summed E-state index contributed by atoms with van der Waals surface area (Å²) in [6.45, 7) is 4.68. The molecule has 0 fully saturated rings. The van der Waals surface area contributed by atoms with Crippen molar-refractivity contribution in [2.75, 3.05) is 12.4 Å². The molecule has 0 spiro atoms. The highest BCUT2D eigenvalue weighted by Crippen LogP contribution is 2.27. The maximum Gasteiger partial charge on any atom is 0.122 e. The van der Waals surface area contributed by atoms with Crippen LogP contribution >= 0.6 is 11.6 Å². The molecule has 0 aliphatic heterocycles. The third-order valence-corrected chi connectivity index (χ3v) is 4.47. The number of benzene rings is 2. The van der Waals surface area contributed by atoms with Crippen molar-refractivity contribution in [3.05, 3.63) is 76.4 Å². The third kappa shape index (κ3) is 3.94. The second-order valence-electron chi connectivity index (χ2n) is 5.98. The van der Waals surface area contributed by atoms with Gasteiger partial charge in [-0.15, -0.1) is 0 Å². The zero-order valence-corrected chi connectivity index (χ0v) is 15.4. The number of pyridine rings is 1. The van der Waals surface area contributed by atoms with E-state index in [1.807, 2.05) is 44.3 Å². The summed E-state index contributed by atoms with van der Waals surface area (Å²) in [5, 5.41) is 3.86. The monoisotopic (exact) mass is 352 g/mol. The molecule has 128 valence electrons. The lowest BCUT2D eigenvalue weighted by atomic mass is 10.1. The van der Waals surface area contributed by atoms with Crippen molar-refractivity contribution in [3.8, 4) is 17.0 Å². The Morgan fingerprint density at radius 2 is 1.88 bits per heavy atom. The Hall–Kier alpha value is -2.52. The van der Waals surface area contributed by atoms with E-state index >= 15 is 0 Å². The molecule has 0 atom stereocenters. The topological polar surface area (TPSA) is 34.1 Å². The van der Waals surface area contributed by atoms with Gasteiger partial charge in [-0.05, 0) is 61.4 Å². The van der Waals surface area contributed by atoms with Gasteiger partial charge in [0.1, 0.15) is 12.4 Å². The molecule has 4 heteroatoms. The van der Waals surface area contributed by atoms with Crippen LogP contribution in [-0.4, -0.2) is 12.0 Å². The van der Waals surface area contributed by atoms with Crippen molar-refractivity contribution in [1.82, 2.24) is 4.98 Å². The number of hydrogen-bond donors (Lipinski definition) is 1. The van der Waals surface area contributed by atoms with Gasteiger partial charge >= 0.3 is 0 Å². The molecule has 3 nitrogen and oxygen atoms in total. The molecular formula is C21H21ClN2O. The molecule has 0 saturated heterocycles. The van der Waals surface area contributed by atoms with E-state index in [0.717, 1.165) is 28.3 Å². The Balaban J connectivity index is 1.79. The SMILES string of the molecule is CNc1cccc(C)c1COc1ccc(-c2ccc(Cl)cn2)cc1C. The number of nitrogens with zero attached hydrogens (tertiary/aromatic N) is 1. The standard InChI is InChI=1S/C21H21ClN2O/c1-14-5-4-6-20(23-3)18(14)13-25-21-10-7-16(11-15(21)2)19-9-8-17(22)12-24-19/h4-12,23H,13H2,1-3H3. The Labute approximate surface area is 153 Å². The summed E-state index contributed by atoms with van der Waals surface area (Å²) in [4.78, 5) is 4.37. The molecule has 3 aromatic rings. The van der Waals surface area contributed by atoms with Crippen LogP contribution < -0.4 is 10.1 Å². The van der Waals surface area contributed by atoms with E-state index < -0.39 is 0 Å². The van der Waals surface area contributed by atoms with Gasteiger partial charge in [0.25, 0.3) is 0 Å². The Bertz CT molecular complexity index is 876.